The van der Waals surface area contributed by atoms with Crippen molar-refractivity contribution in [1.29, 1.82) is 0 Å². The molecule has 1 aromatic carbocycles. The van der Waals surface area contributed by atoms with Crippen LogP contribution in [0.3, 0.4) is 0 Å². The first-order valence-corrected chi connectivity index (χ1v) is 4.49. The molecule has 1 atom stereocenters. The minimum atomic E-state index is -4.26. The summed E-state index contributed by atoms with van der Waals surface area (Å²) in [5.74, 6) is 0. The normalized spacial score (nSPS) is 13.9. The van der Waals surface area contributed by atoms with Gasteiger partial charge in [-0.2, -0.15) is 13.2 Å². The van der Waals surface area contributed by atoms with Crippen LogP contribution in [-0.2, 0) is 0 Å². The number of alkyl halides is 3. The van der Waals surface area contributed by atoms with Crippen molar-refractivity contribution in [3.8, 4) is 0 Å². The van der Waals surface area contributed by atoms with Gasteiger partial charge in [0.25, 0.3) is 0 Å². The minimum Gasteiger partial charge on any atom is -0.394 e. The van der Waals surface area contributed by atoms with Crippen LogP contribution in [0.1, 0.15) is 11.6 Å². The molecule has 84 valence electrons. The maximum absolute atomic E-state index is 11.9. The van der Waals surface area contributed by atoms with Gasteiger partial charge in [0.2, 0.25) is 0 Å². The third-order valence-electron chi connectivity index (χ3n) is 1.93. The fourth-order valence-corrected chi connectivity index (χ4v) is 1.21. The first kappa shape index (κ1) is 12.0. The Kier molecular flexibility index (Phi) is 4.11. The second-order valence-electron chi connectivity index (χ2n) is 3.14. The summed E-state index contributed by atoms with van der Waals surface area (Å²) in [7, 11) is 0. The van der Waals surface area contributed by atoms with E-state index >= 15 is 0 Å². The largest absolute Gasteiger partial charge is 0.401 e. The summed E-state index contributed by atoms with van der Waals surface area (Å²) < 4.78 is 35.8. The first-order chi connectivity index (χ1) is 7.03. The number of nitrogens with one attached hydrogen (secondary N) is 1. The molecule has 15 heavy (non-hydrogen) atoms. The van der Waals surface area contributed by atoms with Gasteiger partial charge in [0.15, 0.2) is 0 Å². The van der Waals surface area contributed by atoms with Gasteiger partial charge in [0.05, 0.1) is 19.2 Å². The fourth-order valence-electron chi connectivity index (χ4n) is 1.21. The van der Waals surface area contributed by atoms with Crippen molar-refractivity contribution in [2.75, 3.05) is 13.2 Å². The predicted octanol–water partition coefficient (Wildman–Crippen LogP) is 1.87. The Bertz CT molecular complexity index is 286. The molecule has 2 N–H and O–H groups in total. The Hall–Kier alpha value is -1.07. The highest BCUT2D eigenvalue weighted by Crippen LogP contribution is 2.16. The van der Waals surface area contributed by atoms with Crippen LogP contribution in [0.15, 0.2) is 30.3 Å². The first-order valence-electron chi connectivity index (χ1n) is 4.49. The second-order valence-corrected chi connectivity index (χ2v) is 3.14. The Morgan fingerprint density at radius 3 is 2.27 bits per heavy atom. The van der Waals surface area contributed by atoms with Gasteiger partial charge < -0.3 is 5.11 Å². The lowest BCUT2D eigenvalue weighted by Gasteiger charge is -2.17. The molecular weight excluding hydrogens is 207 g/mol. The lowest BCUT2D eigenvalue weighted by Crippen LogP contribution is -2.33. The molecule has 0 fully saturated rings. The Labute approximate surface area is 85.7 Å². The molecule has 0 amide bonds. The smallest absolute Gasteiger partial charge is 0.394 e. The molecule has 0 aromatic heterocycles. The number of benzene rings is 1. The second kappa shape index (κ2) is 5.14. The monoisotopic (exact) mass is 219 g/mol. The van der Waals surface area contributed by atoms with E-state index in [4.69, 9.17) is 5.11 Å². The quantitative estimate of drug-likeness (QED) is 0.810. The molecule has 0 spiro atoms. The van der Waals surface area contributed by atoms with Crippen LogP contribution in [-0.4, -0.2) is 24.4 Å². The zero-order valence-electron chi connectivity index (χ0n) is 7.96. The highest BCUT2D eigenvalue weighted by molar-refractivity contribution is 5.18. The molecule has 0 radical (unpaired) electrons. The average Bonchev–Trinajstić information content (AvgIpc) is 2.19. The van der Waals surface area contributed by atoms with Crippen LogP contribution in [0.4, 0.5) is 13.2 Å². The summed E-state index contributed by atoms with van der Waals surface area (Å²) in [5, 5.41) is 11.2. The fraction of sp³-hybridized carbons (Fsp3) is 0.400. The standard InChI is InChI=1S/C10H12F3NO/c11-10(12,13)7-14-9(6-15)8-4-2-1-3-5-8/h1-5,9,14-15H,6-7H2/t9-/m1/s1. The molecule has 0 aliphatic rings. The van der Waals surface area contributed by atoms with Crippen molar-refractivity contribution in [2.24, 2.45) is 0 Å². The van der Waals surface area contributed by atoms with Gasteiger partial charge in [-0.3, -0.25) is 5.32 Å². The van der Waals surface area contributed by atoms with Gasteiger partial charge in [-0.25, -0.2) is 0 Å². The molecule has 1 rings (SSSR count). The van der Waals surface area contributed by atoms with E-state index in [2.05, 4.69) is 5.32 Å². The van der Waals surface area contributed by atoms with Gasteiger partial charge in [-0.1, -0.05) is 30.3 Å². The Morgan fingerprint density at radius 1 is 1.20 bits per heavy atom. The van der Waals surface area contributed by atoms with E-state index in [0.29, 0.717) is 5.56 Å². The molecule has 0 unspecified atom stereocenters. The van der Waals surface area contributed by atoms with Crippen molar-refractivity contribution in [1.82, 2.24) is 5.32 Å². The average molecular weight is 219 g/mol. The van der Waals surface area contributed by atoms with Crippen LogP contribution in [0.2, 0.25) is 0 Å². The van der Waals surface area contributed by atoms with Crippen LogP contribution < -0.4 is 5.32 Å². The van der Waals surface area contributed by atoms with Gasteiger partial charge in [0, 0.05) is 0 Å². The van der Waals surface area contributed by atoms with E-state index < -0.39 is 18.8 Å². The van der Waals surface area contributed by atoms with E-state index in [1.54, 1.807) is 30.3 Å². The van der Waals surface area contributed by atoms with Crippen LogP contribution >= 0.6 is 0 Å². The molecule has 5 heteroatoms. The summed E-state index contributed by atoms with van der Waals surface area (Å²) >= 11 is 0. The minimum absolute atomic E-state index is 0.361. The van der Waals surface area contributed by atoms with E-state index in [-0.39, 0.29) is 6.61 Å². The summed E-state index contributed by atoms with van der Waals surface area (Å²) in [6.45, 7) is -1.47. The molecule has 0 saturated heterocycles. The maximum Gasteiger partial charge on any atom is 0.401 e. The molecular formula is C10H12F3NO. The van der Waals surface area contributed by atoms with Crippen LogP contribution in [0, 0.1) is 0 Å². The molecule has 0 aliphatic carbocycles. The van der Waals surface area contributed by atoms with Gasteiger partial charge >= 0.3 is 6.18 Å². The molecule has 0 saturated carbocycles. The lowest BCUT2D eigenvalue weighted by atomic mass is 10.1. The summed E-state index contributed by atoms with van der Waals surface area (Å²) in [5.41, 5.74) is 0.643. The van der Waals surface area contributed by atoms with E-state index in [1.165, 1.54) is 0 Å². The van der Waals surface area contributed by atoms with Gasteiger partial charge in [0.1, 0.15) is 0 Å². The SMILES string of the molecule is OC[C@@H](NCC(F)(F)F)c1ccccc1. The Morgan fingerprint density at radius 2 is 1.80 bits per heavy atom. The zero-order valence-corrected chi connectivity index (χ0v) is 7.96. The number of aliphatic hydroxyl groups excluding tert-OH is 1. The van der Waals surface area contributed by atoms with E-state index in [1.807, 2.05) is 0 Å². The molecule has 0 aliphatic heterocycles. The highest BCUT2D eigenvalue weighted by atomic mass is 19.4. The number of hydrogen-bond acceptors (Lipinski definition) is 2. The summed E-state index contributed by atoms with van der Waals surface area (Å²) in [6, 6.07) is 7.87. The van der Waals surface area contributed by atoms with Crippen molar-refractivity contribution in [2.45, 2.75) is 12.2 Å². The van der Waals surface area contributed by atoms with E-state index in [9.17, 15) is 13.2 Å². The summed E-state index contributed by atoms with van der Waals surface area (Å²) in [6.07, 6.45) is -4.26. The summed E-state index contributed by atoms with van der Waals surface area (Å²) in [4.78, 5) is 0. The van der Waals surface area contributed by atoms with Crippen molar-refractivity contribution in [3.63, 3.8) is 0 Å². The third kappa shape index (κ3) is 4.31. The number of aliphatic hydroxyl groups is 1. The van der Waals surface area contributed by atoms with E-state index in [0.717, 1.165) is 0 Å². The molecule has 0 bridgehead atoms. The predicted molar refractivity (Wildman–Crippen MR) is 50.3 cm³/mol. The van der Waals surface area contributed by atoms with Crippen molar-refractivity contribution in [3.05, 3.63) is 35.9 Å². The topological polar surface area (TPSA) is 32.3 Å². The molecule has 2 nitrogen and oxygen atoms in total. The Balaban J connectivity index is 2.58. The maximum atomic E-state index is 11.9. The highest BCUT2D eigenvalue weighted by Gasteiger charge is 2.28. The van der Waals surface area contributed by atoms with Crippen LogP contribution in [0.5, 0.6) is 0 Å². The van der Waals surface area contributed by atoms with Crippen molar-refractivity contribution >= 4 is 0 Å². The number of halogens is 3. The van der Waals surface area contributed by atoms with Crippen molar-refractivity contribution < 1.29 is 18.3 Å². The lowest BCUT2D eigenvalue weighted by molar-refractivity contribution is -0.126. The zero-order chi connectivity index (χ0) is 11.3. The number of rotatable bonds is 4. The third-order valence-corrected chi connectivity index (χ3v) is 1.93. The van der Waals surface area contributed by atoms with Gasteiger partial charge in [-0.15, -0.1) is 0 Å². The van der Waals surface area contributed by atoms with Gasteiger partial charge in [-0.05, 0) is 5.56 Å². The number of hydrogen-bond donors (Lipinski definition) is 2. The molecule has 1 aromatic rings. The van der Waals surface area contributed by atoms with Crippen LogP contribution in [0.25, 0.3) is 0 Å². The molecule has 0 heterocycles.